The molecule has 0 spiro atoms. The zero-order valence-corrected chi connectivity index (χ0v) is 12.2. The monoisotopic (exact) mass is 288 g/mol. The van der Waals surface area contributed by atoms with E-state index in [0.29, 0.717) is 11.0 Å². The minimum atomic E-state index is -0.333. The molecule has 0 saturated carbocycles. The van der Waals surface area contributed by atoms with Gasteiger partial charge in [-0.05, 0) is 36.4 Å². The molecule has 0 fully saturated rings. The minimum Gasteiger partial charge on any atom is -0.449 e. The molecule has 2 N–H and O–H groups in total. The van der Waals surface area contributed by atoms with Gasteiger partial charge in [-0.3, -0.25) is 5.32 Å². The highest BCUT2D eigenvalue weighted by atomic mass is 32.1. The summed E-state index contributed by atoms with van der Waals surface area (Å²) in [6, 6.07) is 13.6. The number of furan rings is 1. The first-order valence-corrected chi connectivity index (χ1v) is 6.98. The van der Waals surface area contributed by atoms with E-state index in [-0.39, 0.29) is 5.54 Å². The number of hydrogen-bond acceptors (Lipinski definition) is 2. The summed E-state index contributed by atoms with van der Waals surface area (Å²) in [5.41, 5.74) is 0.783. The summed E-state index contributed by atoms with van der Waals surface area (Å²) in [5, 5.41) is 8.71. The van der Waals surface area contributed by atoms with Gasteiger partial charge in [-0.1, -0.05) is 30.3 Å². The number of carbonyl (C=O) groups excluding carboxylic acids is 1. The average Bonchev–Trinajstić information content (AvgIpc) is 2.92. The third-order valence-electron chi connectivity index (χ3n) is 2.82. The highest BCUT2D eigenvalue weighted by Gasteiger charge is 2.21. The van der Waals surface area contributed by atoms with Crippen molar-refractivity contribution in [3.05, 3.63) is 54.3 Å². The van der Waals surface area contributed by atoms with E-state index in [2.05, 4.69) is 10.6 Å². The fourth-order valence-electron chi connectivity index (χ4n) is 1.80. The fraction of sp³-hybridized carbons (Fsp3) is 0.200. The van der Waals surface area contributed by atoms with Crippen molar-refractivity contribution < 1.29 is 9.21 Å². The molecule has 2 rings (SSSR count). The molecule has 0 amide bonds. The van der Waals surface area contributed by atoms with Crippen molar-refractivity contribution in [3.8, 4) is 0 Å². The number of nitrogens with one attached hydrogen (secondary N) is 2. The highest BCUT2D eigenvalue weighted by molar-refractivity contribution is 7.96. The minimum absolute atomic E-state index is 0.333. The van der Waals surface area contributed by atoms with Crippen molar-refractivity contribution in [1.29, 1.82) is 0 Å². The zero-order valence-electron chi connectivity index (χ0n) is 11.3. The molecule has 1 heterocycles. The Morgan fingerprint density at radius 2 is 1.95 bits per heavy atom. The predicted octanol–water partition coefficient (Wildman–Crippen LogP) is 3.10. The van der Waals surface area contributed by atoms with Gasteiger partial charge in [0.15, 0.2) is 16.2 Å². The van der Waals surface area contributed by atoms with E-state index in [1.807, 2.05) is 49.4 Å². The van der Waals surface area contributed by atoms with Crippen LogP contribution in [-0.4, -0.2) is 10.3 Å². The van der Waals surface area contributed by atoms with Gasteiger partial charge in [-0.2, -0.15) is 0 Å². The van der Waals surface area contributed by atoms with Crippen molar-refractivity contribution >= 4 is 27.2 Å². The van der Waals surface area contributed by atoms with E-state index < -0.39 is 0 Å². The predicted molar refractivity (Wildman–Crippen MR) is 83.2 cm³/mol. The molecular weight excluding hydrogens is 272 g/mol. The standard InChI is InChI=1S/C15H16N2O2S/c1-15(2,12-7-4-3-5-8-12)17-14(20-11-18)16-13-9-6-10-19-13/h3-10,16-17H,1-2H3. The third kappa shape index (κ3) is 3.71. The van der Waals surface area contributed by atoms with Gasteiger partial charge in [-0.25, -0.2) is 4.79 Å². The topological polar surface area (TPSA) is 54.3 Å². The molecule has 5 heteroatoms. The van der Waals surface area contributed by atoms with Crippen LogP contribution in [0, 0.1) is 0 Å². The molecule has 0 atom stereocenters. The number of rotatable bonds is 3. The molecule has 20 heavy (non-hydrogen) atoms. The summed E-state index contributed by atoms with van der Waals surface area (Å²) in [6.07, 6.45) is 1.57. The van der Waals surface area contributed by atoms with Crippen LogP contribution in [-0.2, 0) is 10.3 Å². The molecule has 0 saturated heterocycles. The lowest BCUT2D eigenvalue weighted by Crippen LogP contribution is -2.43. The zero-order chi connectivity index (χ0) is 14.4. The average molecular weight is 288 g/mol. The van der Waals surface area contributed by atoms with E-state index >= 15 is 0 Å². The van der Waals surface area contributed by atoms with Crippen molar-refractivity contribution in [2.24, 2.45) is 0 Å². The van der Waals surface area contributed by atoms with Crippen LogP contribution in [0.2, 0.25) is 0 Å². The third-order valence-corrected chi connectivity index (χ3v) is 3.31. The molecule has 0 aliphatic rings. The SMILES string of the molecule is CC(C)(NC(Nc1ccco1)=S=C=O)c1ccccc1. The van der Waals surface area contributed by atoms with E-state index in [1.54, 1.807) is 18.4 Å². The second kappa shape index (κ2) is 6.39. The van der Waals surface area contributed by atoms with Crippen LogP contribution < -0.4 is 10.6 Å². The number of hydrogen-bond donors (Lipinski definition) is 2. The molecule has 0 radical (unpaired) electrons. The van der Waals surface area contributed by atoms with Crippen LogP contribution in [0.25, 0.3) is 0 Å². The summed E-state index contributed by atoms with van der Waals surface area (Å²) in [4.78, 5) is 10.7. The van der Waals surface area contributed by atoms with Crippen molar-refractivity contribution in [1.82, 2.24) is 5.32 Å². The Hall–Kier alpha value is -2.07. The van der Waals surface area contributed by atoms with Crippen molar-refractivity contribution in [2.75, 3.05) is 5.32 Å². The van der Waals surface area contributed by atoms with E-state index in [4.69, 9.17) is 4.42 Å². The molecular formula is C15H16N2O2S. The van der Waals surface area contributed by atoms with Gasteiger partial charge in [0.2, 0.25) is 0 Å². The Morgan fingerprint density at radius 3 is 2.55 bits per heavy atom. The second-order valence-corrected chi connectivity index (χ2v) is 5.51. The van der Waals surface area contributed by atoms with E-state index in [0.717, 1.165) is 16.5 Å². The van der Waals surface area contributed by atoms with Crippen molar-refractivity contribution in [2.45, 2.75) is 19.4 Å². The van der Waals surface area contributed by atoms with Gasteiger partial charge in [0.25, 0.3) is 0 Å². The van der Waals surface area contributed by atoms with E-state index in [9.17, 15) is 4.79 Å². The lowest BCUT2D eigenvalue weighted by atomic mass is 9.95. The number of anilines is 1. The van der Waals surface area contributed by atoms with Gasteiger partial charge in [-0.15, -0.1) is 0 Å². The van der Waals surface area contributed by atoms with Gasteiger partial charge in [0.1, 0.15) is 0 Å². The maximum absolute atomic E-state index is 10.7. The first-order valence-electron chi connectivity index (χ1n) is 6.17. The number of benzene rings is 1. The maximum atomic E-state index is 10.7. The largest absolute Gasteiger partial charge is 0.449 e. The van der Waals surface area contributed by atoms with Crippen molar-refractivity contribution in [3.63, 3.8) is 0 Å². The molecule has 2 aromatic rings. The highest BCUT2D eigenvalue weighted by Crippen LogP contribution is 2.19. The molecule has 0 aliphatic heterocycles. The smallest absolute Gasteiger partial charge is 0.198 e. The first-order chi connectivity index (χ1) is 9.62. The first kappa shape index (κ1) is 14.3. The Kier molecular flexibility index (Phi) is 4.58. The molecule has 1 aromatic heterocycles. The van der Waals surface area contributed by atoms with Crippen LogP contribution in [0.5, 0.6) is 0 Å². The summed E-state index contributed by atoms with van der Waals surface area (Å²) >= 11 is 0. The van der Waals surface area contributed by atoms with Crippen LogP contribution in [0.1, 0.15) is 19.4 Å². The van der Waals surface area contributed by atoms with Crippen LogP contribution in [0.3, 0.4) is 0 Å². The van der Waals surface area contributed by atoms with Crippen LogP contribution in [0.4, 0.5) is 5.88 Å². The fourth-order valence-corrected chi connectivity index (χ4v) is 2.34. The van der Waals surface area contributed by atoms with Gasteiger partial charge in [0.05, 0.1) is 6.26 Å². The summed E-state index contributed by atoms with van der Waals surface area (Å²) in [6.45, 7) is 4.08. The molecule has 104 valence electrons. The Morgan fingerprint density at radius 1 is 1.20 bits per heavy atom. The van der Waals surface area contributed by atoms with Crippen LogP contribution in [0.15, 0.2) is 53.1 Å². The van der Waals surface area contributed by atoms with Gasteiger partial charge < -0.3 is 9.73 Å². The van der Waals surface area contributed by atoms with Gasteiger partial charge >= 0.3 is 0 Å². The van der Waals surface area contributed by atoms with E-state index in [1.165, 1.54) is 0 Å². The summed E-state index contributed by atoms with van der Waals surface area (Å²) in [5.74, 6) is 0.569. The Bertz CT molecular complexity index is 638. The summed E-state index contributed by atoms with van der Waals surface area (Å²) in [7, 11) is 0.925. The van der Waals surface area contributed by atoms with Gasteiger partial charge in [0, 0.05) is 11.6 Å². The molecule has 1 aromatic carbocycles. The van der Waals surface area contributed by atoms with Crippen LogP contribution >= 0.6 is 10.9 Å². The maximum Gasteiger partial charge on any atom is 0.198 e. The molecule has 0 aliphatic carbocycles. The normalized spacial score (nSPS) is 10.7. The summed E-state index contributed by atoms with van der Waals surface area (Å²) < 4.78 is 5.22. The lowest BCUT2D eigenvalue weighted by Gasteiger charge is -2.27. The lowest BCUT2D eigenvalue weighted by molar-refractivity contribution is 0.488. The Balaban J connectivity index is 2.20. The second-order valence-electron chi connectivity index (χ2n) is 4.73. The Labute approximate surface area is 121 Å². The quantitative estimate of drug-likeness (QED) is 0.852. The molecule has 0 unspecified atom stereocenters. The molecule has 0 bridgehead atoms. The molecule has 4 nitrogen and oxygen atoms in total.